The lowest BCUT2D eigenvalue weighted by molar-refractivity contribution is -0.135. The largest absolute Gasteiger partial charge is 0.466 e. The van der Waals surface area contributed by atoms with Gasteiger partial charge < -0.3 is 4.74 Å². The summed E-state index contributed by atoms with van der Waals surface area (Å²) in [5, 5.41) is 0. The maximum absolute atomic E-state index is 12.0. The maximum atomic E-state index is 12.0. The van der Waals surface area contributed by atoms with E-state index in [0.29, 0.717) is 5.57 Å². The molecule has 0 unspecified atom stereocenters. The Bertz CT molecular complexity index is 729. The van der Waals surface area contributed by atoms with Crippen LogP contribution in [0.3, 0.4) is 0 Å². The van der Waals surface area contributed by atoms with Gasteiger partial charge in [-0.1, -0.05) is 47.5 Å². The second kappa shape index (κ2) is 4.88. The summed E-state index contributed by atoms with van der Waals surface area (Å²) in [4.78, 5) is 12.0. The lowest BCUT2D eigenvalue weighted by Crippen LogP contribution is -2.04. The molecule has 106 valence electrons. The SMILES string of the molecule is COC(=O)C(C)=C1c2ccc(C)cc2-c2cc(C)ccc21. The summed E-state index contributed by atoms with van der Waals surface area (Å²) in [5.41, 5.74) is 8.72. The van der Waals surface area contributed by atoms with Crippen molar-refractivity contribution in [2.24, 2.45) is 0 Å². The molecule has 0 atom stereocenters. The van der Waals surface area contributed by atoms with Crippen molar-refractivity contribution in [2.75, 3.05) is 7.11 Å². The van der Waals surface area contributed by atoms with Crippen LogP contribution in [0.1, 0.15) is 29.2 Å². The third-order valence-electron chi connectivity index (χ3n) is 4.05. The van der Waals surface area contributed by atoms with Crippen LogP contribution in [-0.4, -0.2) is 13.1 Å². The summed E-state index contributed by atoms with van der Waals surface area (Å²) in [6.07, 6.45) is 0. The number of fused-ring (bicyclic) bond motifs is 3. The summed E-state index contributed by atoms with van der Waals surface area (Å²) < 4.78 is 4.91. The van der Waals surface area contributed by atoms with Gasteiger partial charge in [-0.3, -0.25) is 0 Å². The molecule has 2 heteroatoms. The number of benzene rings is 2. The number of rotatable bonds is 1. The fraction of sp³-hybridized carbons (Fsp3) is 0.211. The van der Waals surface area contributed by atoms with Crippen LogP contribution in [-0.2, 0) is 9.53 Å². The van der Waals surface area contributed by atoms with E-state index in [9.17, 15) is 4.79 Å². The Morgan fingerprint density at radius 1 is 0.857 bits per heavy atom. The Balaban J connectivity index is 2.37. The van der Waals surface area contributed by atoms with Gasteiger partial charge in [0.05, 0.1) is 7.11 Å². The van der Waals surface area contributed by atoms with E-state index >= 15 is 0 Å². The fourth-order valence-electron chi connectivity index (χ4n) is 3.00. The molecule has 0 spiro atoms. The topological polar surface area (TPSA) is 26.3 Å². The van der Waals surface area contributed by atoms with E-state index in [1.807, 2.05) is 6.92 Å². The van der Waals surface area contributed by atoms with Crippen LogP contribution in [0.2, 0.25) is 0 Å². The molecular formula is C19H18O2. The van der Waals surface area contributed by atoms with Crippen molar-refractivity contribution < 1.29 is 9.53 Å². The molecule has 0 N–H and O–H groups in total. The van der Waals surface area contributed by atoms with Crippen molar-refractivity contribution in [3.05, 3.63) is 64.2 Å². The highest BCUT2D eigenvalue weighted by Gasteiger charge is 2.27. The van der Waals surface area contributed by atoms with Gasteiger partial charge >= 0.3 is 5.97 Å². The molecule has 0 radical (unpaired) electrons. The first-order chi connectivity index (χ1) is 10.0. The van der Waals surface area contributed by atoms with Crippen LogP contribution >= 0.6 is 0 Å². The summed E-state index contributed by atoms with van der Waals surface area (Å²) in [6, 6.07) is 12.7. The van der Waals surface area contributed by atoms with Crippen LogP contribution in [0.15, 0.2) is 42.0 Å². The Morgan fingerprint density at radius 3 is 1.76 bits per heavy atom. The Hall–Kier alpha value is -2.35. The standard InChI is InChI=1S/C19H18O2/c1-11-5-7-14-16(9-11)17-10-12(2)6-8-15(17)18(14)13(3)19(20)21-4/h5-10H,1-4H3. The first kappa shape index (κ1) is 13.6. The van der Waals surface area contributed by atoms with Gasteiger partial charge in [0, 0.05) is 11.1 Å². The van der Waals surface area contributed by atoms with Gasteiger partial charge in [-0.25, -0.2) is 4.79 Å². The number of ether oxygens (including phenoxy) is 1. The van der Waals surface area contributed by atoms with Gasteiger partial charge in [0.1, 0.15) is 0 Å². The molecule has 0 aliphatic heterocycles. The lowest BCUT2D eigenvalue weighted by atomic mass is 9.98. The Labute approximate surface area is 125 Å². The van der Waals surface area contributed by atoms with Crippen molar-refractivity contribution in [1.82, 2.24) is 0 Å². The number of hydrogen-bond donors (Lipinski definition) is 0. The third kappa shape index (κ3) is 2.07. The first-order valence-electron chi connectivity index (χ1n) is 7.04. The Morgan fingerprint density at radius 2 is 1.33 bits per heavy atom. The Kier molecular flexibility index (Phi) is 3.17. The zero-order valence-electron chi connectivity index (χ0n) is 12.8. The number of carbonyl (C=O) groups is 1. The minimum absolute atomic E-state index is 0.273. The third-order valence-corrected chi connectivity index (χ3v) is 4.05. The van der Waals surface area contributed by atoms with Gasteiger partial charge in [0.15, 0.2) is 0 Å². The van der Waals surface area contributed by atoms with Gasteiger partial charge in [0.2, 0.25) is 0 Å². The number of methoxy groups -OCH3 is 1. The lowest BCUT2D eigenvalue weighted by Gasteiger charge is -2.08. The van der Waals surface area contributed by atoms with E-state index in [0.717, 1.165) is 16.7 Å². The molecule has 0 bridgehead atoms. The molecular weight excluding hydrogens is 260 g/mol. The van der Waals surface area contributed by atoms with E-state index in [4.69, 9.17) is 4.74 Å². The molecule has 0 amide bonds. The number of hydrogen-bond acceptors (Lipinski definition) is 2. The zero-order valence-corrected chi connectivity index (χ0v) is 12.8. The molecule has 1 aliphatic carbocycles. The van der Waals surface area contributed by atoms with Crippen LogP contribution in [0.25, 0.3) is 16.7 Å². The highest BCUT2D eigenvalue weighted by atomic mass is 16.5. The normalized spacial score (nSPS) is 11.9. The smallest absolute Gasteiger partial charge is 0.334 e. The molecule has 0 saturated carbocycles. The van der Waals surface area contributed by atoms with Crippen molar-refractivity contribution in [3.8, 4) is 11.1 Å². The minimum atomic E-state index is -0.273. The maximum Gasteiger partial charge on any atom is 0.334 e. The van der Waals surface area contributed by atoms with Crippen molar-refractivity contribution >= 4 is 11.5 Å². The van der Waals surface area contributed by atoms with Gasteiger partial charge in [-0.15, -0.1) is 0 Å². The van der Waals surface area contributed by atoms with E-state index in [-0.39, 0.29) is 5.97 Å². The van der Waals surface area contributed by atoms with Crippen molar-refractivity contribution in [3.63, 3.8) is 0 Å². The van der Waals surface area contributed by atoms with Crippen molar-refractivity contribution in [2.45, 2.75) is 20.8 Å². The molecule has 2 aromatic rings. The van der Waals surface area contributed by atoms with E-state index in [2.05, 4.69) is 50.2 Å². The second-order valence-electron chi connectivity index (χ2n) is 5.59. The first-order valence-corrected chi connectivity index (χ1v) is 7.04. The monoisotopic (exact) mass is 278 g/mol. The summed E-state index contributed by atoms with van der Waals surface area (Å²) in [7, 11) is 1.42. The van der Waals surface area contributed by atoms with E-state index < -0.39 is 0 Å². The van der Waals surface area contributed by atoms with E-state index in [1.165, 1.54) is 29.4 Å². The minimum Gasteiger partial charge on any atom is -0.466 e. The zero-order chi connectivity index (χ0) is 15.1. The molecule has 3 rings (SSSR count). The van der Waals surface area contributed by atoms with Gasteiger partial charge in [-0.05, 0) is 43.0 Å². The average Bonchev–Trinajstić information content (AvgIpc) is 2.78. The highest BCUT2D eigenvalue weighted by Crippen LogP contribution is 2.46. The van der Waals surface area contributed by atoms with Gasteiger partial charge in [-0.2, -0.15) is 0 Å². The molecule has 2 aromatic carbocycles. The molecule has 21 heavy (non-hydrogen) atoms. The average molecular weight is 278 g/mol. The number of aryl methyl sites for hydroxylation is 2. The van der Waals surface area contributed by atoms with E-state index in [1.54, 1.807) is 0 Å². The summed E-state index contributed by atoms with van der Waals surface area (Å²) in [6.45, 7) is 6.01. The predicted molar refractivity (Wildman–Crippen MR) is 85.1 cm³/mol. The molecule has 1 aliphatic rings. The van der Waals surface area contributed by atoms with Crippen LogP contribution in [0, 0.1) is 13.8 Å². The van der Waals surface area contributed by atoms with Gasteiger partial charge in [0.25, 0.3) is 0 Å². The molecule has 0 heterocycles. The van der Waals surface area contributed by atoms with Crippen molar-refractivity contribution in [1.29, 1.82) is 0 Å². The molecule has 0 fully saturated rings. The number of esters is 1. The number of carbonyl (C=O) groups excluding carboxylic acids is 1. The summed E-state index contributed by atoms with van der Waals surface area (Å²) in [5.74, 6) is -0.273. The summed E-state index contributed by atoms with van der Waals surface area (Å²) >= 11 is 0. The molecule has 0 saturated heterocycles. The predicted octanol–water partition coefficient (Wildman–Crippen LogP) is 4.28. The second-order valence-corrected chi connectivity index (χ2v) is 5.59. The quantitative estimate of drug-likeness (QED) is 0.490. The molecule has 0 aromatic heterocycles. The highest BCUT2D eigenvalue weighted by molar-refractivity contribution is 6.09. The van der Waals surface area contributed by atoms with Crippen LogP contribution in [0.5, 0.6) is 0 Å². The fourth-order valence-corrected chi connectivity index (χ4v) is 3.00. The molecule has 2 nitrogen and oxygen atoms in total. The van der Waals surface area contributed by atoms with Crippen LogP contribution in [0.4, 0.5) is 0 Å². The van der Waals surface area contributed by atoms with Crippen LogP contribution < -0.4 is 0 Å².